The molecule has 3 amide bonds. The molecule has 1 unspecified atom stereocenters. The number of nitrogens with zero attached hydrogens (tertiary/aromatic N) is 2. The molecular formula is C31H44F3N3O6. The maximum Gasteiger partial charge on any atom is 0.416 e. The minimum Gasteiger partial charge on any atom is -0.481 e. The number of likely N-dealkylation sites (tertiary alicyclic amines) is 2. The molecule has 9 nitrogen and oxygen atoms in total. The Hall–Kier alpha value is -3.31. The molecule has 43 heavy (non-hydrogen) atoms. The highest BCUT2D eigenvalue weighted by atomic mass is 19.4. The van der Waals surface area contributed by atoms with Crippen molar-refractivity contribution in [2.45, 2.75) is 96.4 Å². The maximum absolute atomic E-state index is 13.1. The fourth-order valence-electron chi connectivity index (χ4n) is 5.63. The monoisotopic (exact) mass is 611 g/mol. The third-order valence-corrected chi connectivity index (χ3v) is 7.98. The summed E-state index contributed by atoms with van der Waals surface area (Å²) in [6.45, 7) is 7.46. The number of piperidine rings is 2. The maximum atomic E-state index is 13.1. The van der Waals surface area contributed by atoms with Crippen LogP contribution in [0.15, 0.2) is 24.3 Å². The Kier molecular flexibility index (Phi) is 11.9. The molecule has 0 aliphatic carbocycles. The molecule has 2 aliphatic heterocycles. The van der Waals surface area contributed by atoms with Gasteiger partial charge in [0, 0.05) is 38.6 Å². The van der Waals surface area contributed by atoms with Crippen LogP contribution >= 0.6 is 0 Å². The van der Waals surface area contributed by atoms with Gasteiger partial charge in [-0.1, -0.05) is 18.2 Å². The Labute approximate surface area is 251 Å². The van der Waals surface area contributed by atoms with E-state index in [2.05, 4.69) is 5.32 Å². The van der Waals surface area contributed by atoms with Crippen molar-refractivity contribution in [3.8, 4) is 0 Å². The lowest BCUT2D eigenvalue weighted by Crippen LogP contribution is -2.48. The SMILES string of the molecule is CC(C)(C)OC(=O)N1CCC(CCC(=O)N2CCC[C@@H](C(=O)NC(CCc3cccc(C(F)(F)F)c3)CC(=O)O)C2)CC1. The second-order valence-electron chi connectivity index (χ2n) is 12.7. The molecule has 2 aliphatic rings. The number of amides is 3. The number of carboxylic acid groups (broad SMARTS) is 1. The summed E-state index contributed by atoms with van der Waals surface area (Å²) in [5, 5.41) is 12.1. The summed E-state index contributed by atoms with van der Waals surface area (Å²) >= 11 is 0. The van der Waals surface area contributed by atoms with Gasteiger partial charge in [-0.25, -0.2) is 4.79 Å². The van der Waals surface area contributed by atoms with Gasteiger partial charge in [0.1, 0.15) is 5.60 Å². The number of aliphatic carboxylic acids is 1. The summed E-state index contributed by atoms with van der Waals surface area (Å²) in [7, 11) is 0. The second-order valence-corrected chi connectivity index (χ2v) is 12.7. The number of hydrogen-bond acceptors (Lipinski definition) is 5. The van der Waals surface area contributed by atoms with E-state index in [1.807, 2.05) is 20.8 Å². The average Bonchev–Trinajstić information content (AvgIpc) is 2.93. The van der Waals surface area contributed by atoms with E-state index in [0.29, 0.717) is 56.8 Å². The number of benzene rings is 1. The molecule has 0 saturated carbocycles. The number of carboxylic acids is 1. The van der Waals surface area contributed by atoms with Crippen LogP contribution in [-0.2, 0) is 31.7 Å². The van der Waals surface area contributed by atoms with Crippen molar-refractivity contribution in [2.75, 3.05) is 26.2 Å². The Balaban J connectivity index is 1.46. The van der Waals surface area contributed by atoms with Crippen molar-refractivity contribution in [1.29, 1.82) is 0 Å². The molecule has 240 valence electrons. The average molecular weight is 612 g/mol. The summed E-state index contributed by atoms with van der Waals surface area (Å²) in [6.07, 6.45) is -0.962. The van der Waals surface area contributed by atoms with Gasteiger partial charge in [-0.05, 0) is 83.3 Å². The summed E-state index contributed by atoms with van der Waals surface area (Å²) in [5.41, 5.74) is -0.918. The molecule has 2 heterocycles. The van der Waals surface area contributed by atoms with Crippen LogP contribution in [0.25, 0.3) is 0 Å². The van der Waals surface area contributed by atoms with E-state index in [-0.39, 0.29) is 43.7 Å². The number of aryl methyl sites for hydroxylation is 1. The number of halogens is 3. The molecule has 0 aromatic heterocycles. The highest BCUT2D eigenvalue weighted by Gasteiger charge is 2.32. The highest BCUT2D eigenvalue weighted by molar-refractivity contribution is 5.82. The van der Waals surface area contributed by atoms with E-state index in [1.165, 1.54) is 6.07 Å². The van der Waals surface area contributed by atoms with E-state index >= 15 is 0 Å². The lowest BCUT2D eigenvalue weighted by molar-refractivity contribution is -0.139. The van der Waals surface area contributed by atoms with Crippen LogP contribution in [0.1, 0.15) is 83.3 Å². The number of carbonyl (C=O) groups excluding carboxylic acids is 3. The van der Waals surface area contributed by atoms with Gasteiger partial charge in [0.15, 0.2) is 0 Å². The first-order valence-electron chi connectivity index (χ1n) is 15.0. The van der Waals surface area contributed by atoms with E-state index in [4.69, 9.17) is 4.74 Å². The van der Waals surface area contributed by atoms with E-state index in [9.17, 15) is 37.5 Å². The van der Waals surface area contributed by atoms with E-state index < -0.39 is 35.3 Å². The molecule has 3 rings (SSSR count). The number of alkyl halides is 3. The number of ether oxygens (including phenoxy) is 1. The molecule has 0 spiro atoms. The Bertz CT molecular complexity index is 1130. The normalized spacial score (nSPS) is 19.1. The van der Waals surface area contributed by atoms with Crippen LogP contribution in [0.3, 0.4) is 0 Å². The summed E-state index contributed by atoms with van der Waals surface area (Å²) in [6, 6.07) is 4.12. The lowest BCUT2D eigenvalue weighted by atomic mass is 9.91. The van der Waals surface area contributed by atoms with Crippen LogP contribution < -0.4 is 5.32 Å². The highest BCUT2D eigenvalue weighted by Crippen LogP contribution is 2.30. The van der Waals surface area contributed by atoms with E-state index in [1.54, 1.807) is 15.9 Å². The smallest absolute Gasteiger partial charge is 0.416 e. The molecule has 2 fully saturated rings. The minimum atomic E-state index is -4.48. The first kappa shape index (κ1) is 34.2. The van der Waals surface area contributed by atoms with Gasteiger partial charge in [-0.2, -0.15) is 13.2 Å². The molecule has 1 aromatic carbocycles. The number of nitrogens with one attached hydrogen (secondary N) is 1. The zero-order valence-corrected chi connectivity index (χ0v) is 25.3. The van der Waals surface area contributed by atoms with Crippen molar-refractivity contribution in [1.82, 2.24) is 15.1 Å². The van der Waals surface area contributed by atoms with Crippen molar-refractivity contribution in [2.24, 2.45) is 11.8 Å². The van der Waals surface area contributed by atoms with Gasteiger partial charge in [-0.15, -0.1) is 0 Å². The third kappa shape index (κ3) is 11.4. The molecule has 0 radical (unpaired) electrons. The number of rotatable bonds is 10. The van der Waals surface area contributed by atoms with Gasteiger partial charge >= 0.3 is 18.2 Å². The topological polar surface area (TPSA) is 116 Å². The first-order valence-corrected chi connectivity index (χ1v) is 15.0. The van der Waals surface area contributed by atoms with Crippen LogP contribution in [-0.4, -0.2) is 76.6 Å². The van der Waals surface area contributed by atoms with E-state index in [0.717, 1.165) is 25.0 Å². The van der Waals surface area contributed by atoms with Crippen LogP contribution in [0.2, 0.25) is 0 Å². The fraction of sp³-hybridized carbons (Fsp3) is 0.677. The molecular weight excluding hydrogens is 567 g/mol. The first-order chi connectivity index (χ1) is 20.1. The van der Waals surface area contributed by atoms with Gasteiger partial charge < -0.3 is 25.0 Å². The number of carbonyl (C=O) groups is 4. The quantitative estimate of drug-likeness (QED) is 0.373. The summed E-state index contributed by atoms with van der Waals surface area (Å²) in [5.74, 6) is -1.66. The van der Waals surface area contributed by atoms with Crippen molar-refractivity contribution < 1.29 is 42.2 Å². The van der Waals surface area contributed by atoms with Gasteiger partial charge in [-0.3, -0.25) is 14.4 Å². The van der Waals surface area contributed by atoms with Crippen LogP contribution in [0, 0.1) is 11.8 Å². The minimum absolute atomic E-state index is 0.0290. The predicted molar refractivity (Wildman–Crippen MR) is 153 cm³/mol. The number of hydrogen-bond donors (Lipinski definition) is 2. The molecule has 2 N–H and O–H groups in total. The zero-order valence-electron chi connectivity index (χ0n) is 25.3. The molecule has 2 atom stereocenters. The van der Waals surface area contributed by atoms with Crippen molar-refractivity contribution in [3.05, 3.63) is 35.4 Å². The van der Waals surface area contributed by atoms with Gasteiger partial charge in [0.05, 0.1) is 17.9 Å². The lowest BCUT2D eigenvalue weighted by Gasteiger charge is -2.35. The Morgan fingerprint density at radius 3 is 2.37 bits per heavy atom. The Morgan fingerprint density at radius 1 is 1.05 bits per heavy atom. The molecule has 1 aromatic rings. The third-order valence-electron chi connectivity index (χ3n) is 7.98. The van der Waals surface area contributed by atoms with Crippen LogP contribution in [0.4, 0.5) is 18.0 Å². The molecule has 12 heteroatoms. The largest absolute Gasteiger partial charge is 0.481 e. The second kappa shape index (κ2) is 14.9. The molecule has 0 bridgehead atoms. The summed E-state index contributed by atoms with van der Waals surface area (Å²) in [4.78, 5) is 53.2. The fourth-order valence-corrected chi connectivity index (χ4v) is 5.63. The zero-order chi connectivity index (χ0) is 31.8. The Morgan fingerprint density at radius 2 is 1.74 bits per heavy atom. The van der Waals surface area contributed by atoms with Gasteiger partial charge in [0.2, 0.25) is 11.8 Å². The summed E-state index contributed by atoms with van der Waals surface area (Å²) < 4.78 is 44.6. The van der Waals surface area contributed by atoms with Crippen molar-refractivity contribution in [3.63, 3.8) is 0 Å². The van der Waals surface area contributed by atoms with Gasteiger partial charge in [0.25, 0.3) is 0 Å². The molecule has 2 saturated heterocycles. The van der Waals surface area contributed by atoms with Crippen LogP contribution in [0.5, 0.6) is 0 Å². The predicted octanol–water partition coefficient (Wildman–Crippen LogP) is 5.26. The standard InChI is InChI=1S/C31H44F3N3O6/c1-30(2,3)43-29(42)36-16-13-21(14-17-36)10-12-26(38)37-15-5-7-23(20-37)28(41)35-25(19-27(39)40)11-9-22-6-4-8-24(18-22)31(32,33)34/h4,6,8,18,21,23,25H,5,7,9-17,19-20H2,1-3H3,(H,35,41)(H,39,40)/t23-,25?/m1/s1. The van der Waals surface area contributed by atoms with Crippen molar-refractivity contribution >= 4 is 23.9 Å².